The Bertz CT molecular complexity index is 726. The Morgan fingerprint density at radius 2 is 1.83 bits per heavy atom. The Hall–Kier alpha value is -2.66. The van der Waals surface area contributed by atoms with Gasteiger partial charge in [0, 0.05) is 10.6 Å². The lowest BCUT2D eigenvalue weighted by Gasteiger charge is -2.08. The van der Waals surface area contributed by atoms with Crippen molar-refractivity contribution in [2.45, 2.75) is 0 Å². The van der Waals surface area contributed by atoms with Gasteiger partial charge in [0.15, 0.2) is 25.3 Å². The number of para-hydroxylation sites is 1. The molecule has 2 aromatic rings. The largest absolute Gasteiger partial charge is 0.481 e. The van der Waals surface area contributed by atoms with E-state index in [-0.39, 0.29) is 11.5 Å². The third-order valence-electron chi connectivity index (χ3n) is 2.90. The van der Waals surface area contributed by atoms with Crippen LogP contribution in [-0.2, 0) is 9.53 Å². The highest BCUT2D eigenvalue weighted by Crippen LogP contribution is 2.15. The first kappa shape index (κ1) is 16.7. The van der Waals surface area contributed by atoms with Crippen LogP contribution in [0.3, 0.4) is 0 Å². The molecule has 23 heavy (non-hydrogen) atoms. The summed E-state index contributed by atoms with van der Waals surface area (Å²) in [5.41, 5.74) is 0.688. The van der Waals surface area contributed by atoms with Crippen molar-refractivity contribution in [2.24, 2.45) is 0 Å². The van der Waals surface area contributed by atoms with Gasteiger partial charge in [0.2, 0.25) is 0 Å². The lowest BCUT2D eigenvalue weighted by Crippen LogP contribution is -2.19. The lowest BCUT2D eigenvalue weighted by atomic mass is 10.1. The molecule has 0 saturated carbocycles. The van der Waals surface area contributed by atoms with Crippen molar-refractivity contribution < 1.29 is 23.9 Å². The van der Waals surface area contributed by atoms with Gasteiger partial charge in [-0.1, -0.05) is 35.9 Å². The second kappa shape index (κ2) is 8.10. The number of esters is 1. The summed E-state index contributed by atoms with van der Waals surface area (Å²) in [6.07, 6.45) is 0.628. The molecule has 0 atom stereocenters. The molecule has 0 amide bonds. The van der Waals surface area contributed by atoms with Crippen LogP contribution in [0.2, 0.25) is 5.02 Å². The van der Waals surface area contributed by atoms with Gasteiger partial charge in [-0.2, -0.15) is 0 Å². The van der Waals surface area contributed by atoms with Crippen LogP contribution in [-0.4, -0.2) is 31.3 Å². The number of Topliss-reactive ketones (excluding diaryl/α,β-unsaturated/α-hetero) is 1. The molecule has 5 nitrogen and oxygen atoms in total. The molecule has 2 rings (SSSR count). The quantitative estimate of drug-likeness (QED) is 0.443. The zero-order valence-electron chi connectivity index (χ0n) is 12.0. The number of ether oxygens (including phenoxy) is 2. The fraction of sp³-hybridized carbons (Fsp3) is 0.118. The molecule has 0 radical (unpaired) electrons. The van der Waals surface area contributed by atoms with E-state index < -0.39 is 19.2 Å². The molecule has 2 aromatic carbocycles. The minimum Gasteiger partial charge on any atom is -0.481 e. The van der Waals surface area contributed by atoms with E-state index in [0.717, 1.165) is 0 Å². The monoisotopic (exact) mass is 332 g/mol. The minimum absolute atomic E-state index is 0.278. The summed E-state index contributed by atoms with van der Waals surface area (Å²) in [7, 11) is 0. The highest BCUT2D eigenvalue weighted by Gasteiger charge is 2.11. The predicted molar refractivity (Wildman–Crippen MR) is 84.1 cm³/mol. The Kier molecular flexibility index (Phi) is 5.88. The van der Waals surface area contributed by atoms with Gasteiger partial charge >= 0.3 is 5.97 Å². The summed E-state index contributed by atoms with van der Waals surface area (Å²) >= 11 is 5.79. The van der Waals surface area contributed by atoms with Crippen molar-refractivity contribution in [3.8, 4) is 5.75 Å². The summed E-state index contributed by atoms with van der Waals surface area (Å²) in [6, 6.07) is 12.8. The summed E-state index contributed by atoms with van der Waals surface area (Å²) in [5.74, 6) is -0.796. The van der Waals surface area contributed by atoms with Crippen LogP contribution in [0.1, 0.15) is 20.7 Å². The number of hydrogen-bond donors (Lipinski definition) is 0. The Balaban J connectivity index is 1.83. The molecule has 0 heterocycles. The molecule has 0 bridgehead atoms. The third kappa shape index (κ3) is 4.93. The fourth-order valence-corrected chi connectivity index (χ4v) is 1.97. The average Bonchev–Trinajstić information content (AvgIpc) is 2.58. The highest BCUT2D eigenvalue weighted by molar-refractivity contribution is 6.31. The van der Waals surface area contributed by atoms with Gasteiger partial charge < -0.3 is 9.47 Å². The van der Waals surface area contributed by atoms with Gasteiger partial charge in [-0.3, -0.25) is 9.59 Å². The molecular formula is C17H13ClO5. The van der Waals surface area contributed by atoms with E-state index in [1.165, 1.54) is 6.07 Å². The molecule has 0 aliphatic rings. The van der Waals surface area contributed by atoms with Gasteiger partial charge in [0.25, 0.3) is 0 Å². The van der Waals surface area contributed by atoms with Crippen molar-refractivity contribution in [1.29, 1.82) is 0 Å². The van der Waals surface area contributed by atoms with Crippen LogP contribution in [0.25, 0.3) is 0 Å². The first-order chi connectivity index (χ1) is 11.1. The third-order valence-corrected chi connectivity index (χ3v) is 3.14. The van der Waals surface area contributed by atoms with E-state index in [2.05, 4.69) is 0 Å². The molecule has 0 aliphatic carbocycles. The van der Waals surface area contributed by atoms with Gasteiger partial charge in [-0.05, 0) is 24.3 Å². The number of aldehydes is 1. The number of carbonyl (C=O) groups is 3. The number of ketones is 1. The standard InChI is InChI=1S/C17H13ClO5/c18-14-6-3-5-12(8-14)15(20)10-23-17(21)11-22-16-7-2-1-4-13(16)9-19/h1-9H,10-11H2. The molecule has 0 unspecified atom stereocenters. The SMILES string of the molecule is O=Cc1ccccc1OCC(=O)OCC(=O)c1cccc(Cl)c1. The fourth-order valence-electron chi connectivity index (χ4n) is 1.78. The Morgan fingerprint density at radius 1 is 1.04 bits per heavy atom. The maximum atomic E-state index is 11.9. The second-order valence-corrected chi connectivity index (χ2v) is 4.97. The molecule has 0 saturated heterocycles. The molecule has 0 spiro atoms. The van der Waals surface area contributed by atoms with Crippen molar-refractivity contribution in [3.63, 3.8) is 0 Å². The van der Waals surface area contributed by atoms with Crippen LogP contribution in [0.5, 0.6) is 5.75 Å². The van der Waals surface area contributed by atoms with Crippen LogP contribution >= 0.6 is 11.6 Å². The van der Waals surface area contributed by atoms with Gasteiger partial charge in [0.05, 0.1) is 5.56 Å². The first-order valence-corrected chi connectivity index (χ1v) is 7.09. The van der Waals surface area contributed by atoms with Crippen molar-refractivity contribution in [2.75, 3.05) is 13.2 Å². The Morgan fingerprint density at radius 3 is 2.57 bits per heavy atom. The van der Waals surface area contributed by atoms with Crippen molar-refractivity contribution >= 4 is 29.6 Å². The molecule has 6 heteroatoms. The topological polar surface area (TPSA) is 69.7 Å². The second-order valence-electron chi connectivity index (χ2n) is 4.54. The number of hydrogen-bond acceptors (Lipinski definition) is 5. The predicted octanol–water partition coefficient (Wildman–Crippen LogP) is 2.96. The normalized spacial score (nSPS) is 9.96. The molecule has 118 valence electrons. The zero-order chi connectivity index (χ0) is 16.7. The van der Waals surface area contributed by atoms with E-state index >= 15 is 0 Å². The smallest absolute Gasteiger partial charge is 0.344 e. The summed E-state index contributed by atoms with van der Waals surface area (Å²) in [6.45, 7) is -0.800. The average molecular weight is 333 g/mol. The van der Waals surface area contributed by atoms with E-state index in [9.17, 15) is 14.4 Å². The van der Waals surface area contributed by atoms with E-state index in [4.69, 9.17) is 21.1 Å². The van der Waals surface area contributed by atoms with Gasteiger partial charge in [-0.15, -0.1) is 0 Å². The van der Waals surface area contributed by atoms with E-state index in [1.807, 2.05) is 0 Å². The summed E-state index contributed by atoms with van der Waals surface area (Å²) in [4.78, 5) is 34.3. The van der Waals surface area contributed by atoms with Gasteiger partial charge in [-0.25, -0.2) is 4.79 Å². The number of rotatable bonds is 7. The highest BCUT2D eigenvalue weighted by atomic mass is 35.5. The maximum Gasteiger partial charge on any atom is 0.344 e. The van der Waals surface area contributed by atoms with Crippen LogP contribution in [0, 0.1) is 0 Å². The maximum absolute atomic E-state index is 11.9. The first-order valence-electron chi connectivity index (χ1n) is 6.71. The number of carbonyl (C=O) groups excluding carboxylic acids is 3. The van der Waals surface area contributed by atoms with Crippen LogP contribution in [0.4, 0.5) is 0 Å². The number of benzene rings is 2. The van der Waals surface area contributed by atoms with E-state index in [0.29, 0.717) is 22.4 Å². The molecule has 0 aliphatic heterocycles. The van der Waals surface area contributed by atoms with Crippen LogP contribution < -0.4 is 4.74 Å². The van der Waals surface area contributed by atoms with E-state index in [1.54, 1.807) is 42.5 Å². The molecule has 0 aromatic heterocycles. The molecule has 0 N–H and O–H groups in total. The summed E-state index contributed by atoms with van der Waals surface area (Å²) in [5, 5.41) is 0.427. The van der Waals surface area contributed by atoms with Gasteiger partial charge in [0.1, 0.15) is 5.75 Å². The molecular weight excluding hydrogens is 320 g/mol. The Labute approximate surface area is 137 Å². The summed E-state index contributed by atoms with van der Waals surface area (Å²) < 4.78 is 10.1. The molecule has 0 fully saturated rings. The lowest BCUT2D eigenvalue weighted by molar-refractivity contribution is -0.144. The number of halogens is 1. The minimum atomic E-state index is -0.707. The van der Waals surface area contributed by atoms with Crippen molar-refractivity contribution in [3.05, 3.63) is 64.7 Å². The zero-order valence-corrected chi connectivity index (χ0v) is 12.8. The van der Waals surface area contributed by atoms with Crippen molar-refractivity contribution in [1.82, 2.24) is 0 Å². The van der Waals surface area contributed by atoms with Crippen LogP contribution in [0.15, 0.2) is 48.5 Å².